The number of carboxylic acids is 2. The highest BCUT2D eigenvalue weighted by molar-refractivity contribution is 9.09. The number of carbonyl (C=O) groups is 6. The van der Waals surface area contributed by atoms with Crippen molar-refractivity contribution in [3.05, 3.63) is 24.3 Å². The monoisotopic (exact) mass is 663 g/mol. The Kier molecular flexibility index (Phi) is 14.7. The second kappa shape index (κ2) is 16.6. The number of alkyl halides is 1. The third kappa shape index (κ3) is 10.5. The van der Waals surface area contributed by atoms with E-state index in [0.717, 1.165) is 38.6 Å². The van der Waals surface area contributed by atoms with Crippen LogP contribution in [-0.4, -0.2) is 104 Å². The summed E-state index contributed by atoms with van der Waals surface area (Å²) in [6, 6.07) is -1.24. The Morgan fingerprint density at radius 3 is 2.02 bits per heavy atom. The molecule has 4 aliphatic rings. The van der Waals surface area contributed by atoms with Gasteiger partial charge in [0, 0.05) is 24.2 Å². The highest BCUT2D eigenvalue weighted by Crippen LogP contribution is 2.31. The number of fused-ring (bicyclic) bond motifs is 1. The van der Waals surface area contributed by atoms with E-state index in [1.165, 1.54) is 4.90 Å². The minimum atomic E-state index is -1.00. The predicted octanol–water partition coefficient (Wildman–Crippen LogP) is 2.48. The smallest absolute Gasteiger partial charge is 0.329 e. The van der Waals surface area contributed by atoms with E-state index in [2.05, 4.69) is 34.4 Å². The number of hydrogen-bond donors (Lipinski definition) is 3. The number of likely N-dealkylation sites (tertiary alicyclic amines) is 1. The van der Waals surface area contributed by atoms with Gasteiger partial charge in [-0.15, -0.1) is 0 Å². The molecule has 4 rings (SSSR count). The molecule has 0 spiro atoms. The van der Waals surface area contributed by atoms with Crippen molar-refractivity contribution in [1.29, 1.82) is 0 Å². The molecule has 3 N–H and O–H groups in total. The predicted molar refractivity (Wildman–Crippen MR) is 155 cm³/mol. The Bertz CT molecular complexity index is 1040. The topological polar surface area (TPSA) is 171 Å². The van der Waals surface area contributed by atoms with Crippen LogP contribution in [0.25, 0.3) is 0 Å². The lowest BCUT2D eigenvalue weighted by atomic mass is 10.0. The van der Waals surface area contributed by atoms with Gasteiger partial charge in [0.2, 0.25) is 11.1 Å². The highest BCUT2D eigenvalue weighted by atomic mass is 79.9. The summed E-state index contributed by atoms with van der Waals surface area (Å²) in [5.41, 5.74) is -0.220. The molecule has 0 aromatic heterocycles. The molecule has 0 unspecified atom stereocenters. The van der Waals surface area contributed by atoms with Crippen LogP contribution >= 0.6 is 27.5 Å². The molecule has 12 nitrogen and oxygen atoms in total. The van der Waals surface area contributed by atoms with Crippen molar-refractivity contribution in [1.82, 2.24) is 15.1 Å². The number of hydrogen-bond acceptors (Lipinski definition) is 8. The highest BCUT2D eigenvalue weighted by Gasteiger charge is 2.51. The van der Waals surface area contributed by atoms with Gasteiger partial charge in [0.15, 0.2) is 5.60 Å². The summed E-state index contributed by atoms with van der Waals surface area (Å²) in [6.07, 6.45) is 4.73. The standard InChI is InChI=1S/C9H12BrNO3.C9H13NO3.C5H9NO2.C4H5ClO/c1-9(5-10)8(13)11-4-2-3-6(11)7(12)14-9;1-6(2)8(11)10-5-3-4-7(10)9(12)13;7-5(8)4-2-1-3-6-4;1-3(2)4(5)6/h6H,2-5H2,1H3;7H,1,3-5H2,2H3,(H,12,13);4,6H,1-3H2,(H,7,8);1H2,2H3/t6-,9+;7-;4-;/m111./s1. The van der Waals surface area contributed by atoms with Crippen molar-refractivity contribution in [2.24, 2.45) is 0 Å². The summed E-state index contributed by atoms with van der Waals surface area (Å²) in [6.45, 7) is 13.7. The average Bonchev–Trinajstić information content (AvgIpc) is 3.69. The van der Waals surface area contributed by atoms with Crippen LogP contribution in [0.3, 0.4) is 0 Å². The lowest BCUT2D eigenvalue weighted by Gasteiger charge is -2.39. The van der Waals surface area contributed by atoms with Crippen LogP contribution < -0.4 is 5.32 Å². The van der Waals surface area contributed by atoms with E-state index < -0.39 is 28.8 Å². The third-order valence-corrected chi connectivity index (χ3v) is 8.07. The van der Waals surface area contributed by atoms with Crippen molar-refractivity contribution in [2.75, 3.05) is 25.0 Å². The molecule has 4 heterocycles. The Labute approximate surface area is 253 Å². The maximum atomic E-state index is 11.9. The zero-order valence-electron chi connectivity index (χ0n) is 23.6. The van der Waals surface area contributed by atoms with Crippen LogP contribution in [0.5, 0.6) is 0 Å². The van der Waals surface area contributed by atoms with Crippen LogP contribution in [0, 0.1) is 0 Å². The molecule has 4 saturated heterocycles. The third-order valence-electron chi connectivity index (χ3n) is 6.68. The van der Waals surface area contributed by atoms with Gasteiger partial charge in [-0.1, -0.05) is 29.1 Å². The maximum Gasteiger partial charge on any atom is 0.329 e. The molecule has 0 aliphatic carbocycles. The summed E-state index contributed by atoms with van der Waals surface area (Å²) in [4.78, 5) is 68.6. The Hall–Kier alpha value is -2.77. The van der Waals surface area contributed by atoms with E-state index in [0.29, 0.717) is 36.0 Å². The molecule has 0 bridgehead atoms. The molecule has 4 fully saturated rings. The lowest BCUT2D eigenvalue weighted by Crippen LogP contribution is -2.60. The molecule has 0 saturated carbocycles. The first-order valence-corrected chi connectivity index (χ1v) is 14.7. The number of aliphatic carboxylic acids is 2. The number of morpholine rings is 1. The molecule has 0 aromatic carbocycles. The molecule has 2 amide bonds. The average molecular weight is 665 g/mol. The van der Waals surface area contributed by atoms with Crippen LogP contribution in [0.15, 0.2) is 24.3 Å². The summed E-state index contributed by atoms with van der Waals surface area (Å²) in [5.74, 6) is -2.22. The molecular weight excluding hydrogens is 626 g/mol. The van der Waals surface area contributed by atoms with Gasteiger partial charge in [0.1, 0.15) is 18.1 Å². The van der Waals surface area contributed by atoms with E-state index in [4.69, 9.17) is 26.6 Å². The van der Waals surface area contributed by atoms with Crippen LogP contribution in [0.4, 0.5) is 0 Å². The number of amides is 2. The Morgan fingerprint density at radius 1 is 1.02 bits per heavy atom. The molecule has 41 heavy (non-hydrogen) atoms. The quantitative estimate of drug-likeness (QED) is 0.172. The zero-order chi connectivity index (χ0) is 31.5. The number of carboxylic acid groups (broad SMARTS) is 2. The number of carbonyl (C=O) groups excluding carboxylic acids is 4. The first kappa shape index (κ1) is 36.3. The van der Waals surface area contributed by atoms with E-state index in [-0.39, 0.29) is 29.9 Å². The van der Waals surface area contributed by atoms with E-state index in [9.17, 15) is 28.8 Å². The second-order valence-electron chi connectivity index (χ2n) is 10.3. The van der Waals surface area contributed by atoms with Gasteiger partial charge in [-0.25, -0.2) is 9.59 Å². The van der Waals surface area contributed by atoms with E-state index in [1.807, 2.05) is 0 Å². The molecule has 0 aromatic rings. The zero-order valence-corrected chi connectivity index (χ0v) is 26.0. The van der Waals surface area contributed by atoms with Crippen molar-refractivity contribution in [3.63, 3.8) is 0 Å². The molecule has 14 heteroatoms. The molecule has 4 aliphatic heterocycles. The van der Waals surface area contributed by atoms with Crippen molar-refractivity contribution in [2.45, 2.75) is 83.0 Å². The second-order valence-corrected chi connectivity index (χ2v) is 11.2. The maximum absolute atomic E-state index is 11.9. The van der Waals surface area contributed by atoms with Gasteiger partial charge >= 0.3 is 17.9 Å². The number of nitrogens with one attached hydrogen (secondary N) is 1. The molecular formula is C27H39BrClN3O9. The van der Waals surface area contributed by atoms with Crippen LogP contribution in [0.1, 0.15) is 59.3 Å². The largest absolute Gasteiger partial charge is 0.480 e. The van der Waals surface area contributed by atoms with Gasteiger partial charge in [0.05, 0.1) is 5.33 Å². The molecule has 230 valence electrons. The molecule has 4 atom stereocenters. The fourth-order valence-corrected chi connectivity index (χ4v) is 4.74. The number of ether oxygens (including phenoxy) is 1. The number of halogens is 2. The van der Waals surface area contributed by atoms with Crippen molar-refractivity contribution >= 4 is 62.5 Å². The van der Waals surface area contributed by atoms with E-state index in [1.54, 1.807) is 25.7 Å². The minimum Gasteiger partial charge on any atom is -0.480 e. The SMILES string of the molecule is C=C(C)C(=O)Cl.C=C(C)C(=O)N1CCC[C@@H]1C(=O)O.C[C@@]1(CBr)OC(=O)[C@H]2CCCN2C1=O.O=C(O)[C@H]1CCCN1. The normalized spacial score (nSPS) is 26.1. The van der Waals surface area contributed by atoms with Crippen molar-refractivity contribution in [3.8, 4) is 0 Å². The van der Waals surface area contributed by atoms with E-state index >= 15 is 0 Å². The summed E-state index contributed by atoms with van der Waals surface area (Å²) in [5, 5.41) is 19.9. The number of allylic oxidation sites excluding steroid dienone is 1. The number of esters is 1. The van der Waals surface area contributed by atoms with Crippen LogP contribution in [0.2, 0.25) is 0 Å². The molecule has 0 radical (unpaired) electrons. The number of cyclic esters (lactones) is 1. The van der Waals surface area contributed by atoms with Gasteiger partial charge in [-0.3, -0.25) is 19.2 Å². The van der Waals surface area contributed by atoms with Gasteiger partial charge < -0.3 is 30.1 Å². The fraction of sp³-hybridized carbons (Fsp3) is 0.630. The van der Waals surface area contributed by atoms with Crippen molar-refractivity contribution < 1.29 is 43.7 Å². The first-order chi connectivity index (χ1) is 19.1. The van der Waals surface area contributed by atoms with Crippen LogP contribution in [-0.2, 0) is 33.5 Å². The minimum absolute atomic E-state index is 0.0727. The fourth-order valence-electron chi connectivity index (χ4n) is 4.38. The summed E-state index contributed by atoms with van der Waals surface area (Å²) in [7, 11) is 0. The number of nitrogens with zero attached hydrogens (tertiary/aromatic N) is 2. The summed E-state index contributed by atoms with van der Waals surface area (Å²) >= 11 is 8.08. The Morgan fingerprint density at radius 2 is 1.61 bits per heavy atom. The van der Waals surface area contributed by atoms with Gasteiger partial charge in [0.25, 0.3) is 5.91 Å². The number of rotatable bonds is 5. The first-order valence-electron chi connectivity index (χ1n) is 13.2. The van der Waals surface area contributed by atoms with Gasteiger partial charge in [-0.2, -0.15) is 0 Å². The lowest BCUT2D eigenvalue weighted by molar-refractivity contribution is -0.185. The van der Waals surface area contributed by atoms with Gasteiger partial charge in [-0.05, 0) is 77.4 Å². The Balaban J connectivity index is 0.000000288. The summed E-state index contributed by atoms with van der Waals surface area (Å²) < 4.78 is 5.17.